The number of carbonyl (C=O) groups is 1. The molecule has 2 aromatic rings. The number of nitriles is 1. The third-order valence-electron chi connectivity index (χ3n) is 3.55. The molecule has 24 heavy (non-hydrogen) atoms. The molecule has 0 saturated carbocycles. The maximum atomic E-state index is 12.1. The Morgan fingerprint density at radius 1 is 1.33 bits per heavy atom. The number of hydrogen-bond donors (Lipinski definition) is 2. The summed E-state index contributed by atoms with van der Waals surface area (Å²) in [7, 11) is 1.62. The molecule has 0 fully saturated rings. The lowest BCUT2D eigenvalue weighted by Gasteiger charge is -2.17. The summed E-state index contributed by atoms with van der Waals surface area (Å²) in [5.41, 5.74) is 1.91. The van der Waals surface area contributed by atoms with Crippen LogP contribution < -0.4 is 15.4 Å². The van der Waals surface area contributed by atoms with Crippen LogP contribution in [0.15, 0.2) is 42.5 Å². The number of carbonyl (C=O) groups excluding carboxylic acids is 1. The molecular formula is C18H18ClN3O2. The monoisotopic (exact) mass is 343 g/mol. The van der Waals surface area contributed by atoms with E-state index in [-0.39, 0.29) is 18.5 Å². The van der Waals surface area contributed by atoms with E-state index in [0.29, 0.717) is 16.3 Å². The molecule has 1 amide bonds. The molecule has 2 N–H and O–H groups in total. The number of benzene rings is 2. The van der Waals surface area contributed by atoms with Crippen LogP contribution in [0.2, 0.25) is 5.02 Å². The first kappa shape index (κ1) is 17.8. The summed E-state index contributed by atoms with van der Waals surface area (Å²) in [6, 6.07) is 14.4. The topological polar surface area (TPSA) is 74.2 Å². The Kier molecular flexibility index (Phi) is 6.19. The van der Waals surface area contributed by atoms with Crippen LogP contribution >= 0.6 is 11.6 Å². The highest BCUT2D eigenvalue weighted by atomic mass is 35.5. The van der Waals surface area contributed by atoms with Gasteiger partial charge in [0.15, 0.2) is 0 Å². The van der Waals surface area contributed by atoms with Crippen LogP contribution in [0.4, 0.5) is 5.69 Å². The fraction of sp³-hybridized carbons (Fsp3) is 0.222. The maximum absolute atomic E-state index is 12.1. The zero-order valence-electron chi connectivity index (χ0n) is 13.5. The molecule has 1 atom stereocenters. The molecule has 0 aliphatic heterocycles. The van der Waals surface area contributed by atoms with E-state index in [2.05, 4.69) is 10.6 Å². The Balaban J connectivity index is 1.93. The van der Waals surface area contributed by atoms with E-state index in [0.717, 1.165) is 11.3 Å². The van der Waals surface area contributed by atoms with Crippen LogP contribution in [0.3, 0.4) is 0 Å². The van der Waals surface area contributed by atoms with Crippen LogP contribution in [-0.2, 0) is 4.79 Å². The van der Waals surface area contributed by atoms with Gasteiger partial charge >= 0.3 is 0 Å². The summed E-state index contributed by atoms with van der Waals surface area (Å²) in [5, 5.41) is 15.1. The van der Waals surface area contributed by atoms with E-state index in [9.17, 15) is 4.79 Å². The highest BCUT2D eigenvalue weighted by molar-refractivity contribution is 6.32. The van der Waals surface area contributed by atoms with E-state index in [1.54, 1.807) is 25.3 Å². The van der Waals surface area contributed by atoms with E-state index >= 15 is 0 Å². The molecule has 5 nitrogen and oxygen atoms in total. The molecule has 1 unspecified atom stereocenters. The van der Waals surface area contributed by atoms with Crippen LogP contribution in [0.25, 0.3) is 0 Å². The summed E-state index contributed by atoms with van der Waals surface area (Å²) in [4.78, 5) is 12.1. The van der Waals surface area contributed by atoms with E-state index in [1.807, 2.05) is 37.3 Å². The van der Waals surface area contributed by atoms with Gasteiger partial charge in [0, 0.05) is 17.3 Å². The minimum Gasteiger partial charge on any atom is -0.496 e. The van der Waals surface area contributed by atoms with Gasteiger partial charge < -0.3 is 15.4 Å². The van der Waals surface area contributed by atoms with Gasteiger partial charge in [-0.1, -0.05) is 29.8 Å². The molecule has 0 bridgehead atoms. The second-order valence-electron chi connectivity index (χ2n) is 5.20. The Labute approximate surface area is 146 Å². The molecule has 0 aromatic heterocycles. The Morgan fingerprint density at radius 3 is 2.75 bits per heavy atom. The summed E-state index contributed by atoms with van der Waals surface area (Å²) in [6.45, 7) is 2.10. The number of nitrogens with one attached hydrogen (secondary N) is 2. The number of para-hydroxylation sites is 1. The molecular weight excluding hydrogens is 326 g/mol. The molecule has 0 heterocycles. The number of rotatable bonds is 6. The van der Waals surface area contributed by atoms with Gasteiger partial charge in [-0.3, -0.25) is 4.79 Å². The third-order valence-corrected chi connectivity index (χ3v) is 3.86. The van der Waals surface area contributed by atoms with Gasteiger partial charge in [0.2, 0.25) is 5.91 Å². The third kappa shape index (κ3) is 4.48. The summed E-state index contributed by atoms with van der Waals surface area (Å²) in [5.74, 6) is 0.578. The fourth-order valence-electron chi connectivity index (χ4n) is 2.27. The molecule has 2 aromatic carbocycles. The first-order chi connectivity index (χ1) is 11.5. The van der Waals surface area contributed by atoms with Crippen LogP contribution in [0.1, 0.15) is 24.1 Å². The lowest BCUT2D eigenvalue weighted by Crippen LogP contribution is -2.30. The molecule has 124 valence electrons. The molecule has 0 aliphatic rings. The predicted octanol–water partition coefficient (Wildman–Crippen LogP) is 3.51. The van der Waals surface area contributed by atoms with Gasteiger partial charge in [-0.2, -0.15) is 5.26 Å². The largest absolute Gasteiger partial charge is 0.496 e. The Bertz CT molecular complexity index is 771. The molecule has 6 heteroatoms. The van der Waals surface area contributed by atoms with Crippen molar-refractivity contribution < 1.29 is 9.53 Å². The van der Waals surface area contributed by atoms with E-state index < -0.39 is 0 Å². The van der Waals surface area contributed by atoms with Crippen molar-refractivity contribution in [1.29, 1.82) is 5.26 Å². The lowest BCUT2D eigenvalue weighted by atomic mass is 10.1. The van der Waals surface area contributed by atoms with Gasteiger partial charge in [0.05, 0.1) is 24.2 Å². The number of amides is 1. The standard InChI is InChI=1S/C18H18ClN3O2/c1-12(15-5-3-4-6-17(15)24-2)21-11-18(23)22-14-8-7-13(10-20)16(19)9-14/h3-9,12,21H,11H2,1-2H3,(H,22,23). The second kappa shape index (κ2) is 8.34. The smallest absolute Gasteiger partial charge is 0.238 e. The Hall–Kier alpha value is -2.55. The van der Waals surface area contributed by atoms with Crippen LogP contribution in [0, 0.1) is 11.3 Å². The minimum absolute atomic E-state index is 0.0450. The summed E-state index contributed by atoms with van der Waals surface area (Å²) >= 11 is 5.95. The maximum Gasteiger partial charge on any atom is 0.238 e. The SMILES string of the molecule is COc1ccccc1C(C)NCC(=O)Nc1ccc(C#N)c(Cl)c1. The average Bonchev–Trinajstić information content (AvgIpc) is 2.59. The van der Waals surface area contributed by atoms with Gasteiger partial charge in [0.25, 0.3) is 0 Å². The number of nitrogens with zero attached hydrogens (tertiary/aromatic N) is 1. The van der Waals surface area contributed by atoms with Crippen molar-refractivity contribution in [3.05, 3.63) is 58.6 Å². The number of methoxy groups -OCH3 is 1. The van der Waals surface area contributed by atoms with Crippen molar-refractivity contribution in [2.75, 3.05) is 19.0 Å². The van der Waals surface area contributed by atoms with Crippen molar-refractivity contribution in [2.24, 2.45) is 0 Å². The molecule has 2 rings (SSSR count). The number of anilines is 1. The average molecular weight is 344 g/mol. The van der Waals surface area contributed by atoms with Crippen molar-refractivity contribution in [3.63, 3.8) is 0 Å². The van der Waals surface area contributed by atoms with Crippen LogP contribution in [-0.4, -0.2) is 19.6 Å². The zero-order chi connectivity index (χ0) is 17.5. The van der Waals surface area contributed by atoms with Crippen LogP contribution in [0.5, 0.6) is 5.75 Å². The van der Waals surface area contributed by atoms with Gasteiger partial charge in [-0.15, -0.1) is 0 Å². The fourth-order valence-corrected chi connectivity index (χ4v) is 2.49. The van der Waals surface area contributed by atoms with Crippen molar-refractivity contribution in [1.82, 2.24) is 5.32 Å². The predicted molar refractivity (Wildman–Crippen MR) is 94.2 cm³/mol. The van der Waals surface area contributed by atoms with Crippen molar-refractivity contribution in [3.8, 4) is 11.8 Å². The highest BCUT2D eigenvalue weighted by Crippen LogP contribution is 2.24. The van der Waals surface area contributed by atoms with Gasteiger partial charge in [-0.05, 0) is 31.2 Å². The van der Waals surface area contributed by atoms with Crippen molar-refractivity contribution in [2.45, 2.75) is 13.0 Å². The highest BCUT2D eigenvalue weighted by Gasteiger charge is 2.12. The first-order valence-electron chi connectivity index (χ1n) is 7.41. The minimum atomic E-state index is -0.197. The number of ether oxygens (including phenoxy) is 1. The van der Waals surface area contributed by atoms with Gasteiger partial charge in [-0.25, -0.2) is 0 Å². The van der Waals surface area contributed by atoms with Crippen molar-refractivity contribution >= 4 is 23.2 Å². The zero-order valence-corrected chi connectivity index (χ0v) is 14.2. The lowest BCUT2D eigenvalue weighted by molar-refractivity contribution is -0.115. The van der Waals surface area contributed by atoms with Gasteiger partial charge in [0.1, 0.15) is 11.8 Å². The molecule has 0 saturated heterocycles. The molecule has 0 aliphatic carbocycles. The molecule has 0 radical (unpaired) electrons. The van der Waals surface area contributed by atoms with E-state index in [4.69, 9.17) is 21.6 Å². The number of hydrogen-bond acceptors (Lipinski definition) is 4. The summed E-state index contributed by atoms with van der Waals surface area (Å²) < 4.78 is 5.32. The number of halogens is 1. The second-order valence-corrected chi connectivity index (χ2v) is 5.61. The summed E-state index contributed by atoms with van der Waals surface area (Å²) in [6.07, 6.45) is 0. The quantitative estimate of drug-likeness (QED) is 0.841. The van der Waals surface area contributed by atoms with E-state index in [1.165, 1.54) is 0 Å². The molecule has 0 spiro atoms. The normalized spacial score (nSPS) is 11.4. The first-order valence-corrected chi connectivity index (χ1v) is 7.78. The Morgan fingerprint density at radius 2 is 2.08 bits per heavy atom.